The van der Waals surface area contributed by atoms with E-state index < -0.39 is 0 Å². The topological polar surface area (TPSA) is 3.24 Å². The molecule has 0 N–H and O–H groups in total. The van der Waals surface area contributed by atoms with Crippen LogP contribution in [0, 0.1) is 17.7 Å². The second-order valence-corrected chi connectivity index (χ2v) is 6.12. The second kappa shape index (κ2) is 7.13. The Kier molecular flexibility index (Phi) is 6.13. The molecule has 0 aliphatic rings. The minimum atomic E-state index is -0.123. The zero-order valence-corrected chi connectivity index (χ0v) is 13.3. The van der Waals surface area contributed by atoms with Crippen molar-refractivity contribution in [2.75, 3.05) is 18.0 Å². The van der Waals surface area contributed by atoms with Gasteiger partial charge in [0.25, 0.3) is 0 Å². The van der Waals surface area contributed by atoms with E-state index >= 15 is 0 Å². The predicted molar refractivity (Wildman–Crippen MR) is 80.9 cm³/mol. The van der Waals surface area contributed by atoms with Gasteiger partial charge >= 0.3 is 0 Å². The van der Waals surface area contributed by atoms with Gasteiger partial charge in [-0.2, -0.15) is 0 Å². The average molecular weight is 316 g/mol. The highest BCUT2D eigenvalue weighted by Gasteiger charge is 2.16. The lowest BCUT2D eigenvalue weighted by Gasteiger charge is -2.30. The molecule has 0 radical (unpaired) electrons. The van der Waals surface area contributed by atoms with E-state index in [0.29, 0.717) is 17.2 Å². The van der Waals surface area contributed by atoms with Crippen LogP contribution in [0.2, 0.25) is 0 Å². The van der Waals surface area contributed by atoms with Crippen LogP contribution in [0.25, 0.3) is 0 Å². The summed E-state index contributed by atoms with van der Waals surface area (Å²) in [6.07, 6.45) is 0. The van der Waals surface area contributed by atoms with Gasteiger partial charge in [-0.3, -0.25) is 0 Å². The van der Waals surface area contributed by atoms with Gasteiger partial charge in [-0.25, -0.2) is 4.39 Å². The van der Waals surface area contributed by atoms with Gasteiger partial charge in [0.2, 0.25) is 0 Å². The van der Waals surface area contributed by atoms with E-state index in [1.165, 1.54) is 6.07 Å². The van der Waals surface area contributed by atoms with Crippen molar-refractivity contribution in [1.29, 1.82) is 0 Å². The lowest BCUT2D eigenvalue weighted by atomic mass is 10.1. The van der Waals surface area contributed by atoms with Crippen molar-refractivity contribution in [2.45, 2.75) is 33.0 Å². The van der Waals surface area contributed by atoms with Crippen LogP contribution < -0.4 is 4.90 Å². The number of benzene rings is 1. The monoisotopic (exact) mass is 315 g/mol. The highest BCUT2D eigenvalue weighted by atomic mass is 79.9. The van der Waals surface area contributed by atoms with Crippen molar-refractivity contribution in [3.8, 4) is 0 Å². The van der Waals surface area contributed by atoms with E-state index in [9.17, 15) is 4.39 Å². The summed E-state index contributed by atoms with van der Waals surface area (Å²) in [5.41, 5.74) is 1.79. The quantitative estimate of drug-likeness (QED) is 0.679. The number of nitrogens with zero attached hydrogens (tertiary/aromatic N) is 1. The Morgan fingerprint density at radius 1 is 1.11 bits per heavy atom. The molecular weight excluding hydrogens is 293 g/mol. The number of anilines is 1. The molecule has 0 unspecified atom stereocenters. The molecule has 0 aliphatic carbocycles. The summed E-state index contributed by atoms with van der Waals surface area (Å²) in [5, 5.41) is 0.557. The summed E-state index contributed by atoms with van der Waals surface area (Å²) in [4.78, 5) is 2.30. The van der Waals surface area contributed by atoms with Crippen molar-refractivity contribution in [3.63, 3.8) is 0 Å². The first-order chi connectivity index (χ1) is 8.45. The second-order valence-electron chi connectivity index (χ2n) is 5.56. The van der Waals surface area contributed by atoms with Gasteiger partial charge < -0.3 is 4.90 Å². The molecule has 0 aliphatic heterocycles. The Morgan fingerprint density at radius 2 is 1.67 bits per heavy atom. The summed E-state index contributed by atoms with van der Waals surface area (Å²) < 4.78 is 13.8. The lowest BCUT2D eigenvalue weighted by Crippen LogP contribution is -2.32. The summed E-state index contributed by atoms with van der Waals surface area (Å²) in [6, 6.07) is 5.35. The van der Waals surface area contributed by atoms with E-state index in [4.69, 9.17) is 0 Å². The fraction of sp³-hybridized carbons (Fsp3) is 0.600. The normalized spacial score (nSPS) is 11.3. The van der Waals surface area contributed by atoms with Gasteiger partial charge in [-0.05, 0) is 24.0 Å². The summed E-state index contributed by atoms with van der Waals surface area (Å²) in [5.74, 6) is 1.01. The maximum absolute atomic E-state index is 13.8. The summed E-state index contributed by atoms with van der Waals surface area (Å²) in [6.45, 7) is 10.7. The van der Waals surface area contributed by atoms with Crippen LogP contribution >= 0.6 is 15.9 Å². The summed E-state index contributed by atoms with van der Waals surface area (Å²) >= 11 is 3.39. The largest absolute Gasteiger partial charge is 0.371 e. The van der Waals surface area contributed by atoms with Crippen molar-refractivity contribution in [2.24, 2.45) is 11.8 Å². The number of hydrogen-bond donors (Lipinski definition) is 0. The van der Waals surface area contributed by atoms with Gasteiger partial charge in [0.1, 0.15) is 5.82 Å². The molecule has 1 nitrogen and oxygen atoms in total. The van der Waals surface area contributed by atoms with Crippen LogP contribution in [-0.2, 0) is 5.33 Å². The maximum atomic E-state index is 13.8. The minimum absolute atomic E-state index is 0.123. The van der Waals surface area contributed by atoms with E-state index in [0.717, 1.165) is 24.3 Å². The Hall–Kier alpha value is -0.570. The van der Waals surface area contributed by atoms with Gasteiger partial charge in [0.05, 0.1) is 0 Å². The molecule has 3 heteroatoms. The van der Waals surface area contributed by atoms with Crippen molar-refractivity contribution in [3.05, 3.63) is 29.6 Å². The first kappa shape index (κ1) is 15.5. The third kappa shape index (κ3) is 4.27. The predicted octanol–water partition coefficient (Wildman–Crippen LogP) is 4.84. The third-order valence-corrected chi connectivity index (χ3v) is 3.30. The molecule has 0 saturated carbocycles. The molecule has 0 aromatic heterocycles. The molecule has 102 valence electrons. The molecule has 0 heterocycles. The standard InChI is InChI=1S/C15H23BrFN/c1-11(2)9-18(10-12(3)4)15-7-5-6-14(17)13(15)8-16/h5-7,11-12H,8-10H2,1-4H3. The number of alkyl halides is 1. The van der Waals surface area contributed by atoms with Crippen LogP contribution in [0.1, 0.15) is 33.3 Å². The zero-order valence-electron chi connectivity index (χ0n) is 11.7. The van der Waals surface area contributed by atoms with E-state index in [-0.39, 0.29) is 5.82 Å². The molecule has 0 bridgehead atoms. The number of rotatable bonds is 6. The van der Waals surface area contributed by atoms with Crippen LogP contribution in [0.4, 0.5) is 10.1 Å². The Balaban J connectivity index is 3.07. The molecule has 18 heavy (non-hydrogen) atoms. The Bertz CT molecular complexity index is 367. The molecule has 0 saturated heterocycles. The molecule has 0 fully saturated rings. The molecule has 1 aromatic carbocycles. The molecule has 0 amide bonds. The van der Waals surface area contributed by atoms with E-state index in [1.54, 1.807) is 6.07 Å². The lowest BCUT2D eigenvalue weighted by molar-refractivity contribution is 0.548. The Morgan fingerprint density at radius 3 is 2.11 bits per heavy atom. The molecular formula is C15H23BrFN. The average Bonchev–Trinajstić information content (AvgIpc) is 2.26. The van der Waals surface area contributed by atoms with Gasteiger partial charge in [0, 0.05) is 29.7 Å². The fourth-order valence-electron chi connectivity index (χ4n) is 2.13. The first-order valence-corrected chi connectivity index (χ1v) is 7.66. The highest BCUT2D eigenvalue weighted by molar-refractivity contribution is 9.08. The minimum Gasteiger partial charge on any atom is -0.371 e. The van der Waals surface area contributed by atoms with Crippen LogP contribution in [0.15, 0.2) is 18.2 Å². The van der Waals surface area contributed by atoms with E-state index in [2.05, 4.69) is 48.5 Å². The maximum Gasteiger partial charge on any atom is 0.129 e. The van der Waals surface area contributed by atoms with Crippen molar-refractivity contribution in [1.82, 2.24) is 0 Å². The number of halogens is 2. The summed E-state index contributed by atoms with van der Waals surface area (Å²) in [7, 11) is 0. The van der Waals surface area contributed by atoms with Crippen LogP contribution in [-0.4, -0.2) is 13.1 Å². The van der Waals surface area contributed by atoms with Gasteiger partial charge in [0.15, 0.2) is 0 Å². The molecule has 1 aromatic rings. The van der Waals surface area contributed by atoms with Crippen molar-refractivity contribution < 1.29 is 4.39 Å². The van der Waals surface area contributed by atoms with Gasteiger partial charge in [-0.15, -0.1) is 0 Å². The molecule has 0 spiro atoms. The van der Waals surface area contributed by atoms with Gasteiger partial charge in [-0.1, -0.05) is 49.7 Å². The molecule has 1 rings (SSSR count). The van der Waals surface area contributed by atoms with Crippen LogP contribution in [0.5, 0.6) is 0 Å². The SMILES string of the molecule is CC(C)CN(CC(C)C)c1cccc(F)c1CBr. The number of hydrogen-bond acceptors (Lipinski definition) is 1. The highest BCUT2D eigenvalue weighted by Crippen LogP contribution is 2.27. The smallest absolute Gasteiger partial charge is 0.129 e. The third-order valence-electron chi connectivity index (χ3n) is 2.74. The Labute approximate surface area is 119 Å². The molecule has 0 atom stereocenters. The fourth-order valence-corrected chi connectivity index (χ4v) is 2.68. The first-order valence-electron chi connectivity index (χ1n) is 6.54. The van der Waals surface area contributed by atoms with Crippen molar-refractivity contribution >= 4 is 21.6 Å². The van der Waals surface area contributed by atoms with E-state index in [1.807, 2.05) is 6.07 Å². The van der Waals surface area contributed by atoms with Crippen LogP contribution in [0.3, 0.4) is 0 Å². The zero-order chi connectivity index (χ0) is 13.7.